The second-order valence-corrected chi connectivity index (χ2v) is 4.64. The van der Waals surface area contributed by atoms with Crippen molar-refractivity contribution >= 4 is 17.2 Å². The first-order valence-corrected chi connectivity index (χ1v) is 5.97. The molecule has 2 N–H and O–H groups in total. The molecule has 0 aromatic carbocycles. The summed E-state index contributed by atoms with van der Waals surface area (Å²) in [4.78, 5) is 4.64. The zero-order chi connectivity index (χ0) is 11.8. The van der Waals surface area contributed by atoms with Crippen LogP contribution in [-0.2, 0) is 0 Å². The van der Waals surface area contributed by atoms with Gasteiger partial charge < -0.3 is 5.73 Å². The summed E-state index contributed by atoms with van der Waals surface area (Å²) in [7, 11) is 0. The van der Waals surface area contributed by atoms with E-state index in [2.05, 4.69) is 10.1 Å². The second kappa shape index (κ2) is 3.92. The molecule has 2 aromatic heterocycles. The highest BCUT2D eigenvalue weighted by atomic mass is 32.1. The van der Waals surface area contributed by atoms with E-state index in [0.717, 1.165) is 11.3 Å². The highest BCUT2D eigenvalue weighted by Crippen LogP contribution is 2.39. The third-order valence-electron chi connectivity index (χ3n) is 2.87. The van der Waals surface area contributed by atoms with Crippen LogP contribution in [-0.4, -0.2) is 19.8 Å². The van der Waals surface area contributed by atoms with Crippen LogP contribution >= 0.6 is 12.2 Å². The number of pyridine rings is 1. The summed E-state index contributed by atoms with van der Waals surface area (Å²) < 4.78 is 1.75. The highest BCUT2D eigenvalue weighted by Gasteiger charge is 2.26. The van der Waals surface area contributed by atoms with E-state index >= 15 is 0 Å². The molecule has 86 valence electrons. The normalized spacial score (nSPS) is 14.8. The van der Waals surface area contributed by atoms with E-state index in [1.54, 1.807) is 10.9 Å². The molecule has 0 bridgehead atoms. The van der Waals surface area contributed by atoms with E-state index in [1.807, 2.05) is 24.4 Å². The van der Waals surface area contributed by atoms with Crippen molar-refractivity contribution in [1.29, 1.82) is 0 Å². The lowest BCUT2D eigenvalue weighted by molar-refractivity contribution is 0.811. The molecule has 0 amide bonds. The monoisotopic (exact) mass is 244 g/mol. The van der Waals surface area contributed by atoms with Gasteiger partial charge in [-0.3, -0.25) is 0 Å². The molecule has 4 nitrogen and oxygen atoms in total. The third kappa shape index (κ3) is 1.93. The van der Waals surface area contributed by atoms with Gasteiger partial charge in [-0.1, -0.05) is 12.2 Å². The van der Waals surface area contributed by atoms with Crippen molar-refractivity contribution in [1.82, 2.24) is 14.8 Å². The average Bonchev–Trinajstić information content (AvgIpc) is 3.07. The molecule has 0 aliphatic heterocycles. The zero-order valence-corrected chi connectivity index (χ0v) is 10.0. The van der Waals surface area contributed by atoms with Crippen molar-refractivity contribution in [3.8, 4) is 5.82 Å². The van der Waals surface area contributed by atoms with Crippen molar-refractivity contribution in [2.45, 2.75) is 18.8 Å². The standard InChI is InChI=1S/C12H12N4S/c13-11(17)9-2-1-6-14-12(9)16-7-5-10(15-16)8-3-4-8/h1-2,5-8H,3-4H2,(H2,13,17). The van der Waals surface area contributed by atoms with E-state index in [4.69, 9.17) is 18.0 Å². The van der Waals surface area contributed by atoms with Crippen LogP contribution in [0.3, 0.4) is 0 Å². The largest absolute Gasteiger partial charge is 0.389 e. The van der Waals surface area contributed by atoms with Crippen molar-refractivity contribution in [3.05, 3.63) is 41.9 Å². The first kappa shape index (κ1) is 10.4. The Labute approximate surface area is 104 Å². The first-order valence-electron chi connectivity index (χ1n) is 5.56. The maximum Gasteiger partial charge on any atom is 0.163 e. The minimum Gasteiger partial charge on any atom is -0.389 e. The molecule has 5 heteroatoms. The molecule has 2 aromatic rings. The fourth-order valence-corrected chi connectivity index (χ4v) is 1.98. The van der Waals surface area contributed by atoms with Gasteiger partial charge in [-0.05, 0) is 31.0 Å². The lowest BCUT2D eigenvalue weighted by atomic mass is 10.2. The van der Waals surface area contributed by atoms with Gasteiger partial charge in [0.1, 0.15) is 4.99 Å². The van der Waals surface area contributed by atoms with Crippen LogP contribution in [0.5, 0.6) is 0 Å². The molecule has 2 heterocycles. The Hall–Kier alpha value is -1.75. The summed E-state index contributed by atoms with van der Waals surface area (Å²) in [6.45, 7) is 0. The number of rotatable bonds is 3. The molecule has 0 atom stereocenters. The average molecular weight is 244 g/mol. The first-order chi connectivity index (χ1) is 8.25. The van der Waals surface area contributed by atoms with Gasteiger partial charge in [0.2, 0.25) is 0 Å². The molecule has 0 radical (unpaired) electrons. The van der Waals surface area contributed by atoms with Crippen LogP contribution in [0.1, 0.15) is 30.0 Å². The summed E-state index contributed by atoms with van der Waals surface area (Å²) in [6.07, 6.45) is 6.11. The predicted molar refractivity (Wildman–Crippen MR) is 69.2 cm³/mol. The Bertz CT molecular complexity index is 571. The summed E-state index contributed by atoms with van der Waals surface area (Å²) in [5, 5.41) is 4.52. The number of hydrogen-bond donors (Lipinski definition) is 1. The van der Waals surface area contributed by atoms with E-state index in [-0.39, 0.29) is 0 Å². The Morgan fingerprint density at radius 1 is 1.41 bits per heavy atom. The van der Waals surface area contributed by atoms with Gasteiger partial charge in [0.25, 0.3) is 0 Å². The zero-order valence-electron chi connectivity index (χ0n) is 9.21. The topological polar surface area (TPSA) is 56.7 Å². The Morgan fingerprint density at radius 2 is 2.24 bits per heavy atom. The van der Waals surface area contributed by atoms with Crippen LogP contribution < -0.4 is 5.73 Å². The Morgan fingerprint density at radius 3 is 2.94 bits per heavy atom. The number of aromatic nitrogens is 3. The molecule has 1 saturated carbocycles. The summed E-state index contributed by atoms with van der Waals surface area (Å²) >= 11 is 5.02. The molecule has 3 rings (SSSR count). The van der Waals surface area contributed by atoms with Gasteiger partial charge in [-0.25, -0.2) is 9.67 Å². The van der Waals surface area contributed by atoms with Gasteiger partial charge >= 0.3 is 0 Å². The quantitative estimate of drug-likeness (QED) is 0.836. The summed E-state index contributed by atoms with van der Waals surface area (Å²) in [5.74, 6) is 1.33. The van der Waals surface area contributed by atoms with Crippen molar-refractivity contribution in [3.63, 3.8) is 0 Å². The van der Waals surface area contributed by atoms with E-state index in [9.17, 15) is 0 Å². The number of thiocarbonyl (C=S) groups is 1. The lowest BCUT2D eigenvalue weighted by Gasteiger charge is -2.06. The minimum atomic E-state index is 0.344. The van der Waals surface area contributed by atoms with E-state index in [0.29, 0.717) is 16.7 Å². The molecule has 1 aliphatic rings. The third-order valence-corrected chi connectivity index (χ3v) is 3.09. The van der Waals surface area contributed by atoms with Gasteiger partial charge in [0.15, 0.2) is 5.82 Å². The lowest BCUT2D eigenvalue weighted by Crippen LogP contribution is -2.14. The molecular formula is C12H12N4S. The Kier molecular flexibility index (Phi) is 2.40. The molecule has 0 spiro atoms. The fraction of sp³-hybridized carbons (Fsp3) is 0.250. The number of nitrogens with two attached hydrogens (primary N) is 1. The van der Waals surface area contributed by atoms with Crippen molar-refractivity contribution in [2.75, 3.05) is 0 Å². The van der Waals surface area contributed by atoms with Crippen LogP contribution in [0.15, 0.2) is 30.6 Å². The van der Waals surface area contributed by atoms with Gasteiger partial charge in [0.05, 0.1) is 11.3 Å². The van der Waals surface area contributed by atoms with Crippen molar-refractivity contribution in [2.24, 2.45) is 5.73 Å². The van der Waals surface area contributed by atoms with E-state index in [1.165, 1.54) is 12.8 Å². The SMILES string of the molecule is NC(=S)c1cccnc1-n1ccc(C2CC2)n1. The van der Waals surface area contributed by atoms with Gasteiger partial charge in [-0.2, -0.15) is 5.10 Å². The van der Waals surface area contributed by atoms with Crippen LogP contribution in [0.25, 0.3) is 5.82 Å². The van der Waals surface area contributed by atoms with E-state index < -0.39 is 0 Å². The van der Waals surface area contributed by atoms with Crippen molar-refractivity contribution < 1.29 is 0 Å². The van der Waals surface area contributed by atoms with Crippen LogP contribution in [0.4, 0.5) is 0 Å². The summed E-state index contributed by atoms with van der Waals surface area (Å²) in [6, 6.07) is 5.72. The second-order valence-electron chi connectivity index (χ2n) is 4.20. The van der Waals surface area contributed by atoms with Crippen LogP contribution in [0, 0.1) is 0 Å². The highest BCUT2D eigenvalue weighted by molar-refractivity contribution is 7.80. The maximum atomic E-state index is 5.68. The fourth-order valence-electron chi connectivity index (χ4n) is 1.82. The smallest absolute Gasteiger partial charge is 0.163 e. The molecule has 0 saturated heterocycles. The Balaban J connectivity index is 2.04. The summed E-state index contributed by atoms with van der Waals surface area (Å²) in [5.41, 5.74) is 7.57. The molecule has 0 unspecified atom stereocenters. The van der Waals surface area contributed by atoms with Gasteiger partial charge in [0, 0.05) is 18.3 Å². The predicted octanol–water partition coefficient (Wildman–Crippen LogP) is 1.78. The minimum absolute atomic E-state index is 0.344. The number of nitrogens with zero attached hydrogens (tertiary/aromatic N) is 3. The van der Waals surface area contributed by atoms with Crippen LogP contribution in [0.2, 0.25) is 0 Å². The van der Waals surface area contributed by atoms with Gasteiger partial charge in [-0.15, -0.1) is 0 Å². The number of hydrogen-bond acceptors (Lipinski definition) is 3. The maximum absolute atomic E-state index is 5.68. The molecule has 1 aliphatic carbocycles. The molecular weight excluding hydrogens is 232 g/mol. The molecule has 17 heavy (non-hydrogen) atoms. The molecule has 1 fully saturated rings.